The number of unbranched alkanes of at least 4 members (excludes halogenated alkanes) is 1. The molecular weight excluding hydrogens is 500 g/mol. The Labute approximate surface area is 214 Å². The molecule has 0 bridgehead atoms. The minimum absolute atomic E-state index is 0.0313. The van der Waals surface area contributed by atoms with Crippen molar-refractivity contribution >= 4 is 38.6 Å². The van der Waals surface area contributed by atoms with Gasteiger partial charge in [-0.15, -0.1) is 0 Å². The average Bonchev–Trinajstić information content (AvgIpc) is 3.58. The standard InChI is InChI=1S/C24H30N6O6S/c31-22(19-14-17(36-29-19)8-3-4-11-25-24-26-12-13-27-24)28-15-20(23(32)33)30-37(34,35)21-10-5-7-16-6-1-2-9-18(16)21/h1-2,5-7,9-10,12-13,17,19-20,29-30H,3-4,8,11,14-15H2,(H,28,31)(H,32,33)(H2,25,26,27). The maximum absolute atomic E-state index is 13.0. The summed E-state index contributed by atoms with van der Waals surface area (Å²) in [6.45, 7) is 0.336. The lowest BCUT2D eigenvalue weighted by molar-refractivity contribution is -0.139. The largest absolute Gasteiger partial charge is 0.480 e. The van der Waals surface area contributed by atoms with Gasteiger partial charge in [0.05, 0.1) is 11.0 Å². The fraction of sp³-hybridized carbons (Fsp3) is 0.375. The molecule has 1 aromatic heterocycles. The molecule has 3 unspecified atom stereocenters. The lowest BCUT2D eigenvalue weighted by atomic mass is 10.1. The van der Waals surface area contributed by atoms with Crippen molar-refractivity contribution in [2.75, 3.05) is 18.4 Å². The number of aliphatic carboxylic acids is 1. The number of sulfonamides is 1. The third-order valence-electron chi connectivity index (χ3n) is 6.05. The van der Waals surface area contributed by atoms with Crippen LogP contribution in [0.4, 0.5) is 5.95 Å². The number of H-pyrrole nitrogens is 1. The molecule has 6 N–H and O–H groups in total. The van der Waals surface area contributed by atoms with Crippen LogP contribution in [0.3, 0.4) is 0 Å². The van der Waals surface area contributed by atoms with Gasteiger partial charge in [0.1, 0.15) is 12.1 Å². The molecule has 1 amide bonds. The van der Waals surface area contributed by atoms with Gasteiger partial charge >= 0.3 is 5.97 Å². The third-order valence-corrected chi connectivity index (χ3v) is 7.58. The molecule has 1 aliphatic heterocycles. The van der Waals surface area contributed by atoms with Crippen molar-refractivity contribution in [3.8, 4) is 0 Å². The molecule has 1 aliphatic rings. The van der Waals surface area contributed by atoms with Gasteiger partial charge in [0.2, 0.25) is 15.9 Å². The van der Waals surface area contributed by atoms with Gasteiger partial charge in [-0.25, -0.2) is 13.4 Å². The predicted octanol–water partition coefficient (Wildman–Crippen LogP) is 1.36. The summed E-state index contributed by atoms with van der Waals surface area (Å²) in [4.78, 5) is 36.9. The van der Waals surface area contributed by atoms with E-state index < -0.39 is 40.5 Å². The van der Waals surface area contributed by atoms with Crippen LogP contribution in [0, 0.1) is 0 Å². The first-order valence-electron chi connectivity index (χ1n) is 12.0. The fourth-order valence-corrected chi connectivity index (χ4v) is 5.55. The smallest absolute Gasteiger partial charge is 0.323 e. The number of nitrogens with one attached hydrogen (secondary N) is 5. The summed E-state index contributed by atoms with van der Waals surface area (Å²) in [7, 11) is -4.17. The molecular formula is C24H30N6O6S. The Morgan fingerprint density at radius 3 is 2.76 bits per heavy atom. The summed E-state index contributed by atoms with van der Waals surface area (Å²) in [6, 6.07) is 9.48. The molecule has 3 atom stereocenters. The van der Waals surface area contributed by atoms with Gasteiger partial charge in [0.25, 0.3) is 0 Å². The van der Waals surface area contributed by atoms with Gasteiger partial charge < -0.3 is 20.7 Å². The van der Waals surface area contributed by atoms with Crippen LogP contribution < -0.4 is 20.8 Å². The molecule has 0 spiro atoms. The number of carbonyl (C=O) groups is 2. The lowest BCUT2D eigenvalue weighted by Crippen LogP contribution is -2.51. The van der Waals surface area contributed by atoms with E-state index >= 15 is 0 Å². The van der Waals surface area contributed by atoms with Crippen LogP contribution in [-0.2, 0) is 24.4 Å². The van der Waals surface area contributed by atoms with Gasteiger partial charge in [-0.2, -0.15) is 10.2 Å². The molecule has 13 heteroatoms. The lowest BCUT2D eigenvalue weighted by Gasteiger charge is -2.17. The molecule has 2 heterocycles. The van der Waals surface area contributed by atoms with Crippen molar-refractivity contribution in [3.63, 3.8) is 0 Å². The molecule has 0 aliphatic carbocycles. The summed E-state index contributed by atoms with van der Waals surface area (Å²) in [6.07, 6.45) is 6.21. The summed E-state index contributed by atoms with van der Waals surface area (Å²) in [5.74, 6) is -1.15. The van der Waals surface area contributed by atoms with Crippen molar-refractivity contribution in [2.24, 2.45) is 0 Å². The summed E-state index contributed by atoms with van der Waals surface area (Å²) in [5, 5.41) is 16.5. The van der Waals surface area contributed by atoms with Gasteiger partial charge in [0.15, 0.2) is 5.95 Å². The number of rotatable bonds is 13. The number of carboxylic acids is 1. The predicted molar refractivity (Wildman–Crippen MR) is 136 cm³/mol. The second-order valence-corrected chi connectivity index (χ2v) is 10.4. The molecule has 0 saturated carbocycles. The first-order valence-corrected chi connectivity index (χ1v) is 13.5. The van der Waals surface area contributed by atoms with Crippen molar-refractivity contribution in [2.45, 2.75) is 48.8 Å². The number of fused-ring (bicyclic) bond motifs is 1. The van der Waals surface area contributed by atoms with Crippen molar-refractivity contribution in [3.05, 3.63) is 54.9 Å². The van der Waals surface area contributed by atoms with Gasteiger partial charge in [0, 0.05) is 37.3 Å². The van der Waals surface area contributed by atoms with E-state index in [1.165, 1.54) is 6.07 Å². The summed E-state index contributed by atoms with van der Waals surface area (Å²) < 4.78 is 28.2. The van der Waals surface area contributed by atoms with Crippen LogP contribution >= 0.6 is 0 Å². The number of aromatic nitrogens is 2. The Morgan fingerprint density at radius 2 is 1.97 bits per heavy atom. The van der Waals surface area contributed by atoms with E-state index in [2.05, 4.69) is 30.8 Å². The maximum Gasteiger partial charge on any atom is 0.323 e. The third kappa shape index (κ3) is 7.04. The first kappa shape index (κ1) is 26.5. The van der Waals surface area contributed by atoms with Crippen LogP contribution in [0.2, 0.25) is 0 Å². The highest BCUT2D eigenvalue weighted by Crippen LogP contribution is 2.23. The van der Waals surface area contributed by atoms with E-state index in [1.807, 2.05) is 0 Å². The zero-order valence-corrected chi connectivity index (χ0v) is 20.8. The Morgan fingerprint density at radius 1 is 1.16 bits per heavy atom. The second-order valence-electron chi connectivity index (χ2n) is 8.74. The Balaban J connectivity index is 1.24. The molecule has 12 nitrogen and oxygen atoms in total. The van der Waals surface area contributed by atoms with Crippen LogP contribution in [0.25, 0.3) is 10.8 Å². The zero-order chi connectivity index (χ0) is 26.3. The maximum atomic E-state index is 13.0. The van der Waals surface area contributed by atoms with Crippen LogP contribution in [-0.4, -0.2) is 66.6 Å². The molecule has 0 radical (unpaired) electrons. The molecule has 37 heavy (non-hydrogen) atoms. The normalized spacial score (nSPS) is 18.5. The van der Waals surface area contributed by atoms with E-state index in [0.717, 1.165) is 31.8 Å². The van der Waals surface area contributed by atoms with Crippen LogP contribution in [0.1, 0.15) is 25.7 Å². The van der Waals surface area contributed by atoms with Gasteiger partial charge in [-0.1, -0.05) is 36.4 Å². The molecule has 1 fully saturated rings. The van der Waals surface area contributed by atoms with E-state index in [9.17, 15) is 23.1 Å². The fourth-order valence-electron chi connectivity index (χ4n) is 4.13. The number of carboxylic acid groups (broad SMARTS) is 1. The van der Waals surface area contributed by atoms with Crippen LogP contribution in [0.15, 0.2) is 59.8 Å². The molecule has 1 saturated heterocycles. The Kier molecular flexibility index (Phi) is 8.71. The number of imidazole rings is 1. The number of anilines is 1. The summed E-state index contributed by atoms with van der Waals surface area (Å²) >= 11 is 0. The highest BCUT2D eigenvalue weighted by molar-refractivity contribution is 7.89. The number of nitrogens with zero attached hydrogens (tertiary/aromatic N) is 1. The van der Waals surface area contributed by atoms with Crippen molar-refractivity contribution in [1.29, 1.82) is 0 Å². The number of aromatic amines is 1. The van der Waals surface area contributed by atoms with E-state index in [1.54, 1.807) is 48.8 Å². The highest BCUT2D eigenvalue weighted by atomic mass is 32.2. The van der Waals surface area contributed by atoms with Crippen molar-refractivity contribution < 1.29 is 28.0 Å². The first-order chi connectivity index (χ1) is 17.8. The Bertz CT molecular complexity index is 1310. The van der Waals surface area contributed by atoms with Gasteiger partial charge in [-0.05, 0) is 30.7 Å². The monoisotopic (exact) mass is 530 g/mol. The number of hydrogen-bond acceptors (Lipinski definition) is 8. The number of hydrogen-bond donors (Lipinski definition) is 6. The molecule has 3 aromatic rings. The van der Waals surface area contributed by atoms with E-state index in [4.69, 9.17) is 4.84 Å². The quantitative estimate of drug-likeness (QED) is 0.178. The average molecular weight is 531 g/mol. The molecule has 198 valence electrons. The van der Waals surface area contributed by atoms with Gasteiger partial charge in [-0.3, -0.25) is 14.4 Å². The van der Waals surface area contributed by atoms with Crippen LogP contribution in [0.5, 0.6) is 0 Å². The zero-order valence-electron chi connectivity index (χ0n) is 20.0. The summed E-state index contributed by atoms with van der Waals surface area (Å²) in [5.41, 5.74) is 2.69. The minimum Gasteiger partial charge on any atom is -0.480 e. The second kappa shape index (κ2) is 12.1. The Hall–Kier alpha value is -3.52. The number of amides is 1. The minimum atomic E-state index is -4.17. The number of hydroxylamine groups is 1. The molecule has 4 rings (SSSR count). The molecule has 2 aromatic carbocycles. The topological polar surface area (TPSA) is 175 Å². The number of carbonyl (C=O) groups excluding carboxylic acids is 1. The van der Waals surface area contributed by atoms with E-state index in [-0.39, 0.29) is 11.0 Å². The highest BCUT2D eigenvalue weighted by Gasteiger charge is 2.32. The SMILES string of the molecule is O=C(O)C(CNC(=O)C1CC(CCCCNc2ncc[nH]2)ON1)NS(=O)(=O)c1cccc2ccccc12. The van der Waals surface area contributed by atoms with E-state index in [0.29, 0.717) is 17.2 Å². The number of benzene rings is 2. The van der Waals surface area contributed by atoms with Crippen molar-refractivity contribution in [1.82, 2.24) is 25.5 Å².